The normalized spacial score (nSPS) is 27.4. The second-order valence-corrected chi connectivity index (χ2v) is 5.82. The number of allylic oxidation sites excluding steroid dienone is 1. The second kappa shape index (κ2) is 3.42. The van der Waals surface area contributed by atoms with E-state index in [1.807, 2.05) is 19.1 Å². The van der Waals surface area contributed by atoms with Crippen LogP contribution in [0.15, 0.2) is 12.2 Å². The summed E-state index contributed by atoms with van der Waals surface area (Å²) in [7, 11) is -1.65. The van der Waals surface area contributed by atoms with Crippen molar-refractivity contribution < 1.29 is 3.89 Å². The predicted molar refractivity (Wildman–Crippen MR) is 47.3 cm³/mol. The summed E-state index contributed by atoms with van der Waals surface area (Å²) < 4.78 is 13.5. The first kappa shape index (κ1) is 8.12. The van der Waals surface area contributed by atoms with E-state index in [0.717, 1.165) is 24.3 Å². The number of halogens is 1. The molecule has 2 heteroatoms. The van der Waals surface area contributed by atoms with Crippen LogP contribution >= 0.6 is 10.4 Å². The summed E-state index contributed by atoms with van der Waals surface area (Å²) in [5, 5.41) is 0. The van der Waals surface area contributed by atoms with Crippen molar-refractivity contribution in [1.29, 1.82) is 0 Å². The van der Waals surface area contributed by atoms with Crippen molar-refractivity contribution >= 4 is 10.4 Å². The van der Waals surface area contributed by atoms with E-state index in [1.165, 1.54) is 0 Å². The summed E-state index contributed by atoms with van der Waals surface area (Å²) in [5.41, 5.74) is 0. The Morgan fingerprint density at radius 3 is 2.50 bits per heavy atom. The molecule has 0 aromatic heterocycles. The van der Waals surface area contributed by atoms with Crippen LogP contribution < -0.4 is 0 Å². The molecule has 0 atom stereocenters. The first-order chi connectivity index (χ1) is 4.77. The maximum atomic E-state index is 13.5. The standard InChI is InChI=1S/C8H15FS/c1-2-3-6-10(9)7-4-5-8-10/h2-3H,4-8H2,1H3/b3-2+. The van der Waals surface area contributed by atoms with Gasteiger partial charge in [-0.25, -0.2) is 0 Å². The van der Waals surface area contributed by atoms with Gasteiger partial charge in [-0.15, -0.1) is 0 Å². The third-order valence-corrected chi connectivity index (χ3v) is 4.73. The lowest BCUT2D eigenvalue weighted by atomic mass is 10.4. The van der Waals surface area contributed by atoms with Gasteiger partial charge in [-0.1, -0.05) is 22.6 Å². The highest BCUT2D eigenvalue weighted by atomic mass is 32.3. The Balaban J connectivity index is 2.35. The topological polar surface area (TPSA) is 0 Å². The van der Waals surface area contributed by atoms with Crippen LogP contribution in [0.2, 0.25) is 0 Å². The van der Waals surface area contributed by atoms with Gasteiger partial charge in [0, 0.05) is 17.3 Å². The van der Waals surface area contributed by atoms with E-state index in [2.05, 4.69) is 0 Å². The molecule has 1 aliphatic heterocycles. The fourth-order valence-electron chi connectivity index (χ4n) is 1.26. The van der Waals surface area contributed by atoms with Gasteiger partial charge in [0.2, 0.25) is 0 Å². The highest BCUT2D eigenvalue weighted by Gasteiger charge is 2.26. The van der Waals surface area contributed by atoms with Crippen LogP contribution in [0.3, 0.4) is 0 Å². The highest BCUT2D eigenvalue weighted by Crippen LogP contribution is 2.55. The molecule has 0 bridgehead atoms. The zero-order valence-electron chi connectivity index (χ0n) is 6.48. The fraction of sp³-hybridized carbons (Fsp3) is 0.750. The van der Waals surface area contributed by atoms with Gasteiger partial charge in [-0.3, -0.25) is 0 Å². The summed E-state index contributed by atoms with van der Waals surface area (Å²) in [6, 6.07) is 0. The molecule has 1 heterocycles. The zero-order chi connectivity index (χ0) is 7.45. The van der Waals surface area contributed by atoms with Gasteiger partial charge in [-0.2, -0.15) is 3.89 Å². The van der Waals surface area contributed by atoms with Crippen LogP contribution in [0.25, 0.3) is 0 Å². The molecule has 60 valence electrons. The Hall–Kier alpha value is 0.0200. The molecule has 1 saturated heterocycles. The van der Waals surface area contributed by atoms with Crippen LogP contribution in [-0.2, 0) is 0 Å². The summed E-state index contributed by atoms with van der Waals surface area (Å²) in [5.74, 6) is 2.43. The molecule has 0 aromatic rings. The van der Waals surface area contributed by atoms with Crippen molar-refractivity contribution in [3.8, 4) is 0 Å². The molecule has 1 aliphatic rings. The van der Waals surface area contributed by atoms with Crippen LogP contribution in [-0.4, -0.2) is 17.3 Å². The smallest absolute Gasteiger partial charge is 0.0216 e. The van der Waals surface area contributed by atoms with E-state index in [0.29, 0.717) is 5.75 Å². The molecular weight excluding hydrogens is 147 g/mol. The quantitative estimate of drug-likeness (QED) is 0.547. The molecule has 0 unspecified atom stereocenters. The Kier molecular flexibility index (Phi) is 2.78. The van der Waals surface area contributed by atoms with E-state index in [1.54, 1.807) is 0 Å². The largest absolute Gasteiger partial charge is 0.189 e. The highest BCUT2D eigenvalue weighted by molar-refractivity contribution is 8.29. The van der Waals surface area contributed by atoms with Gasteiger partial charge >= 0.3 is 0 Å². The maximum absolute atomic E-state index is 13.5. The van der Waals surface area contributed by atoms with Crippen LogP contribution in [0.4, 0.5) is 3.89 Å². The molecule has 0 saturated carbocycles. The average Bonchev–Trinajstić information content (AvgIpc) is 2.33. The summed E-state index contributed by atoms with van der Waals surface area (Å²) in [4.78, 5) is 0. The minimum Gasteiger partial charge on any atom is -0.189 e. The molecule has 0 N–H and O–H groups in total. The average molecular weight is 162 g/mol. The monoisotopic (exact) mass is 162 g/mol. The number of hydrogen-bond acceptors (Lipinski definition) is 0. The van der Waals surface area contributed by atoms with Crippen molar-refractivity contribution in [2.45, 2.75) is 19.8 Å². The molecule has 0 spiro atoms. The van der Waals surface area contributed by atoms with Crippen molar-refractivity contribution in [3.05, 3.63) is 12.2 Å². The van der Waals surface area contributed by atoms with Gasteiger partial charge in [0.25, 0.3) is 0 Å². The van der Waals surface area contributed by atoms with Gasteiger partial charge in [0.15, 0.2) is 0 Å². The van der Waals surface area contributed by atoms with E-state index >= 15 is 0 Å². The summed E-state index contributed by atoms with van der Waals surface area (Å²) in [6.45, 7) is 1.96. The predicted octanol–water partition coefficient (Wildman–Crippen LogP) is 3.05. The lowest BCUT2D eigenvalue weighted by molar-refractivity contribution is 0.893. The lowest BCUT2D eigenvalue weighted by Crippen LogP contribution is -1.97. The summed E-state index contributed by atoms with van der Waals surface area (Å²) >= 11 is 0. The minimum absolute atomic E-state index is 0.712. The number of hydrogen-bond donors (Lipinski definition) is 0. The van der Waals surface area contributed by atoms with Crippen molar-refractivity contribution in [1.82, 2.24) is 0 Å². The lowest BCUT2D eigenvalue weighted by Gasteiger charge is -2.22. The number of rotatable bonds is 2. The Morgan fingerprint density at radius 2 is 2.00 bits per heavy atom. The Labute approximate surface area is 64.1 Å². The van der Waals surface area contributed by atoms with Gasteiger partial charge in [0.05, 0.1) is 0 Å². The molecular formula is C8H15FS. The minimum atomic E-state index is -1.65. The summed E-state index contributed by atoms with van der Waals surface area (Å²) in [6.07, 6.45) is 6.15. The van der Waals surface area contributed by atoms with E-state index in [-0.39, 0.29) is 0 Å². The van der Waals surface area contributed by atoms with Crippen LogP contribution in [0, 0.1) is 0 Å². The van der Waals surface area contributed by atoms with Gasteiger partial charge in [0.1, 0.15) is 0 Å². The van der Waals surface area contributed by atoms with E-state index in [9.17, 15) is 3.89 Å². The molecule has 0 aliphatic carbocycles. The fourth-order valence-corrected chi connectivity index (χ4v) is 3.78. The second-order valence-electron chi connectivity index (χ2n) is 2.79. The maximum Gasteiger partial charge on any atom is 0.0216 e. The van der Waals surface area contributed by atoms with E-state index < -0.39 is 10.4 Å². The molecule has 0 amide bonds. The first-order valence-corrected chi connectivity index (χ1v) is 5.88. The third kappa shape index (κ3) is 2.01. The molecule has 0 radical (unpaired) electrons. The Bertz CT molecular complexity index is 125. The van der Waals surface area contributed by atoms with E-state index in [4.69, 9.17) is 0 Å². The zero-order valence-corrected chi connectivity index (χ0v) is 7.29. The molecule has 1 rings (SSSR count). The van der Waals surface area contributed by atoms with Gasteiger partial charge in [-0.05, 0) is 19.8 Å². The molecule has 0 aromatic carbocycles. The molecule has 1 fully saturated rings. The molecule has 10 heavy (non-hydrogen) atoms. The first-order valence-electron chi connectivity index (χ1n) is 3.84. The van der Waals surface area contributed by atoms with Gasteiger partial charge < -0.3 is 0 Å². The molecule has 0 nitrogen and oxygen atoms in total. The van der Waals surface area contributed by atoms with Crippen LogP contribution in [0.5, 0.6) is 0 Å². The van der Waals surface area contributed by atoms with Crippen molar-refractivity contribution in [2.75, 3.05) is 17.3 Å². The van der Waals surface area contributed by atoms with Crippen LogP contribution in [0.1, 0.15) is 19.8 Å². The van der Waals surface area contributed by atoms with Crippen molar-refractivity contribution in [3.63, 3.8) is 0 Å². The van der Waals surface area contributed by atoms with Crippen molar-refractivity contribution in [2.24, 2.45) is 0 Å². The Morgan fingerprint density at radius 1 is 1.40 bits per heavy atom. The third-order valence-electron chi connectivity index (χ3n) is 1.90. The SMILES string of the molecule is C/C=C/CS1(F)CCCC1.